The number of aliphatic carboxylic acids is 4. The molecule has 1 aromatic rings. The van der Waals surface area contributed by atoms with Gasteiger partial charge >= 0.3 is 23.9 Å². The number of nitrogens with one attached hydrogen (secondary N) is 1. The van der Waals surface area contributed by atoms with Gasteiger partial charge in [0.25, 0.3) is 0 Å². The van der Waals surface area contributed by atoms with Crippen LogP contribution in [-0.4, -0.2) is 148 Å². The summed E-state index contributed by atoms with van der Waals surface area (Å²) in [5.41, 5.74) is 1.88. The second-order valence-electron chi connectivity index (χ2n) is 12.1. The van der Waals surface area contributed by atoms with Gasteiger partial charge in [-0.2, -0.15) is 0 Å². The fraction of sp³-hybridized carbons (Fsp3) is 0.655. The van der Waals surface area contributed by atoms with Crippen LogP contribution in [0.4, 0.5) is 5.69 Å². The highest BCUT2D eigenvalue weighted by atomic mass is 16.4. The molecule has 13 nitrogen and oxygen atoms in total. The molecule has 42 heavy (non-hydrogen) atoms. The molecule has 1 aromatic carbocycles. The monoisotopic (exact) mass is 593 g/mol. The summed E-state index contributed by atoms with van der Waals surface area (Å²) in [6.07, 6.45) is 1.08. The highest BCUT2D eigenvalue weighted by molar-refractivity contribution is 5.70. The number of hydrogen-bond acceptors (Lipinski definition) is 9. The average molecular weight is 594 g/mol. The van der Waals surface area contributed by atoms with E-state index < -0.39 is 23.9 Å². The molecule has 0 saturated carbocycles. The van der Waals surface area contributed by atoms with E-state index >= 15 is 0 Å². The minimum absolute atomic E-state index is 0.107. The molecule has 1 saturated heterocycles. The number of nitrogens with zero attached hydrogens (tertiary/aromatic N) is 4. The highest BCUT2D eigenvalue weighted by Gasteiger charge is 2.24. The number of carboxylic acids is 4. The van der Waals surface area contributed by atoms with Gasteiger partial charge in [0.1, 0.15) is 0 Å². The largest absolute Gasteiger partial charge is 0.480 e. The molecule has 13 heteroatoms. The Morgan fingerprint density at radius 1 is 0.667 bits per heavy atom. The van der Waals surface area contributed by atoms with Gasteiger partial charge < -0.3 is 25.7 Å². The van der Waals surface area contributed by atoms with Crippen molar-refractivity contribution in [3.63, 3.8) is 0 Å². The average Bonchev–Trinajstić information content (AvgIpc) is 2.83. The van der Waals surface area contributed by atoms with E-state index in [9.17, 15) is 39.6 Å². The lowest BCUT2D eigenvalue weighted by Gasteiger charge is -2.34. The van der Waals surface area contributed by atoms with Crippen molar-refractivity contribution in [1.82, 2.24) is 19.6 Å². The summed E-state index contributed by atoms with van der Waals surface area (Å²) in [4.78, 5) is 53.6. The Hall–Kier alpha value is -3.26. The first-order chi connectivity index (χ1) is 19.7. The molecular formula is C29H47N5O8. The molecule has 0 aromatic heterocycles. The summed E-state index contributed by atoms with van der Waals surface area (Å²) < 4.78 is 0. The molecular weight excluding hydrogens is 546 g/mol. The summed E-state index contributed by atoms with van der Waals surface area (Å²) >= 11 is 0. The van der Waals surface area contributed by atoms with E-state index in [4.69, 9.17) is 0 Å². The molecule has 0 spiro atoms. The minimum atomic E-state index is -0.996. The molecule has 0 atom stereocenters. The first kappa shape index (κ1) is 34.9. The zero-order chi connectivity index (χ0) is 31.3. The molecule has 0 unspecified atom stereocenters. The summed E-state index contributed by atoms with van der Waals surface area (Å²) in [5.74, 6) is -4.12. The predicted octanol–water partition coefficient (Wildman–Crippen LogP) is 1.01. The quantitative estimate of drug-likeness (QED) is 0.246. The Morgan fingerprint density at radius 2 is 1.05 bits per heavy atom. The molecule has 0 radical (unpaired) electrons. The standard InChI is InChI=1S/C29H47N5O8/c1-29(2,3)30-24-7-5-22(6-8-24)15-23-16-33(20-27(39)40)13-11-31(18-25(35)36)9-4-10-32(19-26(37)38)12-14-34(17-23)21-28(41)42/h5-8,23,30H,4,9-21H2,1-3H3,(H,35,36)(H,37,38)(H,39,40)(H,41,42). The van der Waals surface area contributed by atoms with Gasteiger partial charge in [-0.25, -0.2) is 0 Å². The molecule has 236 valence electrons. The Balaban J connectivity index is 2.36. The van der Waals surface area contributed by atoms with Gasteiger partial charge in [-0.1, -0.05) is 12.1 Å². The Bertz CT molecular complexity index is 980. The number of benzene rings is 1. The van der Waals surface area contributed by atoms with E-state index in [1.807, 2.05) is 24.3 Å². The Labute approximate surface area is 247 Å². The summed E-state index contributed by atoms with van der Waals surface area (Å²) in [6, 6.07) is 7.99. The normalized spacial score (nSPS) is 18.3. The van der Waals surface area contributed by atoms with Gasteiger partial charge in [-0.3, -0.25) is 38.8 Å². The number of rotatable bonds is 11. The van der Waals surface area contributed by atoms with Gasteiger partial charge in [-0.15, -0.1) is 0 Å². The number of anilines is 1. The van der Waals surface area contributed by atoms with Gasteiger partial charge in [-0.05, 0) is 57.2 Å². The van der Waals surface area contributed by atoms with Crippen LogP contribution in [0.3, 0.4) is 0 Å². The molecule has 2 rings (SSSR count). The van der Waals surface area contributed by atoms with Crippen LogP contribution in [0, 0.1) is 5.92 Å². The van der Waals surface area contributed by atoms with E-state index in [0.29, 0.717) is 65.2 Å². The molecule has 1 aliphatic rings. The Kier molecular flexibility index (Phi) is 14.1. The van der Waals surface area contributed by atoms with Crippen molar-refractivity contribution in [2.75, 3.05) is 83.9 Å². The molecule has 1 fully saturated rings. The van der Waals surface area contributed by atoms with Crippen LogP contribution in [0.1, 0.15) is 32.8 Å². The maximum Gasteiger partial charge on any atom is 0.317 e. The van der Waals surface area contributed by atoms with Gasteiger partial charge in [0.2, 0.25) is 0 Å². The molecule has 1 aliphatic heterocycles. The van der Waals surface area contributed by atoms with E-state index in [2.05, 4.69) is 26.1 Å². The number of carboxylic acid groups (broad SMARTS) is 4. The second kappa shape index (κ2) is 17.0. The van der Waals surface area contributed by atoms with E-state index in [1.165, 1.54) is 0 Å². The maximum atomic E-state index is 11.8. The fourth-order valence-electron chi connectivity index (χ4n) is 5.27. The molecule has 0 aliphatic carbocycles. The molecule has 5 N–H and O–H groups in total. The molecule has 1 heterocycles. The van der Waals surface area contributed by atoms with Crippen LogP contribution < -0.4 is 5.32 Å². The zero-order valence-corrected chi connectivity index (χ0v) is 25.0. The minimum Gasteiger partial charge on any atom is -0.480 e. The second-order valence-corrected chi connectivity index (χ2v) is 12.1. The van der Waals surface area contributed by atoms with Gasteiger partial charge in [0.05, 0.1) is 26.2 Å². The number of carbonyl (C=O) groups is 4. The topological polar surface area (TPSA) is 174 Å². The smallest absolute Gasteiger partial charge is 0.317 e. The molecule has 0 bridgehead atoms. The van der Waals surface area contributed by atoms with Crippen LogP contribution in [-0.2, 0) is 25.6 Å². The predicted molar refractivity (Wildman–Crippen MR) is 158 cm³/mol. The highest BCUT2D eigenvalue weighted by Crippen LogP contribution is 2.19. The van der Waals surface area contributed by atoms with Crippen molar-refractivity contribution in [2.45, 2.75) is 39.2 Å². The van der Waals surface area contributed by atoms with E-state index in [-0.39, 0.29) is 37.6 Å². The lowest BCUT2D eigenvalue weighted by Crippen LogP contribution is -2.47. The zero-order valence-electron chi connectivity index (χ0n) is 25.0. The maximum absolute atomic E-state index is 11.8. The van der Waals surface area contributed by atoms with Crippen molar-refractivity contribution >= 4 is 29.6 Å². The van der Waals surface area contributed by atoms with Crippen LogP contribution in [0.2, 0.25) is 0 Å². The van der Waals surface area contributed by atoms with E-state index in [1.54, 1.807) is 19.6 Å². The van der Waals surface area contributed by atoms with Crippen molar-refractivity contribution < 1.29 is 39.6 Å². The number of hydrogen-bond donors (Lipinski definition) is 5. The lowest BCUT2D eigenvalue weighted by atomic mass is 9.97. The first-order valence-electron chi connectivity index (χ1n) is 14.3. The Morgan fingerprint density at radius 3 is 1.43 bits per heavy atom. The third kappa shape index (κ3) is 15.1. The van der Waals surface area contributed by atoms with Crippen LogP contribution >= 0.6 is 0 Å². The van der Waals surface area contributed by atoms with Crippen molar-refractivity contribution in [3.8, 4) is 0 Å². The summed E-state index contributed by atoms with van der Waals surface area (Å²) in [6.45, 7) is 8.19. The van der Waals surface area contributed by atoms with Crippen molar-refractivity contribution in [2.24, 2.45) is 5.92 Å². The lowest BCUT2D eigenvalue weighted by molar-refractivity contribution is -0.141. The van der Waals surface area contributed by atoms with Crippen molar-refractivity contribution in [1.29, 1.82) is 0 Å². The van der Waals surface area contributed by atoms with Gasteiger partial charge in [0.15, 0.2) is 0 Å². The third-order valence-corrected chi connectivity index (χ3v) is 6.88. The van der Waals surface area contributed by atoms with Crippen LogP contribution in [0.15, 0.2) is 24.3 Å². The molecule has 0 amide bonds. The third-order valence-electron chi connectivity index (χ3n) is 6.88. The van der Waals surface area contributed by atoms with Crippen LogP contribution in [0.5, 0.6) is 0 Å². The SMILES string of the molecule is CC(C)(C)Nc1ccc(CC2CN(CC(=O)O)CCN(CC(=O)O)CCCN(CC(=O)O)CCN(CC(=O)O)C2)cc1. The van der Waals surface area contributed by atoms with Crippen molar-refractivity contribution in [3.05, 3.63) is 29.8 Å². The van der Waals surface area contributed by atoms with E-state index in [0.717, 1.165) is 11.3 Å². The fourth-order valence-corrected chi connectivity index (χ4v) is 5.27. The summed E-state index contributed by atoms with van der Waals surface area (Å²) in [7, 11) is 0. The van der Waals surface area contributed by atoms with Crippen LogP contribution in [0.25, 0.3) is 0 Å². The first-order valence-corrected chi connectivity index (χ1v) is 14.3. The summed E-state index contributed by atoms with van der Waals surface area (Å²) in [5, 5.41) is 41.5. The van der Waals surface area contributed by atoms with Gasteiger partial charge in [0, 0.05) is 63.6 Å².